The Morgan fingerprint density at radius 3 is 2.21 bits per heavy atom. The van der Waals surface area contributed by atoms with Crippen LogP contribution in [0.1, 0.15) is 11.1 Å². The molecule has 2 aromatic rings. The number of thiocarbonyl (C=S) groups is 1. The van der Waals surface area contributed by atoms with Crippen LogP contribution < -0.4 is 0 Å². The molecule has 0 spiro atoms. The van der Waals surface area contributed by atoms with Crippen LogP contribution in [-0.2, 0) is 0 Å². The highest BCUT2D eigenvalue weighted by molar-refractivity contribution is 8.23. The third kappa shape index (κ3) is 3.62. The summed E-state index contributed by atoms with van der Waals surface area (Å²) in [5.74, 6) is 0. The standard InChI is InChI=1S/C14H11NO2S2/c1-10-2-8-13(9-3-10)19-14(18)11-4-6-12(7-5-11)15(16)17/h2-9H,1H3. The third-order valence-corrected chi connectivity index (χ3v) is 3.96. The van der Waals surface area contributed by atoms with Crippen LogP contribution in [0, 0.1) is 17.0 Å². The highest BCUT2D eigenvalue weighted by Gasteiger charge is 2.08. The average molecular weight is 289 g/mol. The van der Waals surface area contributed by atoms with Gasteiger partial charge in [0.1, 0.15) is 0 Å². The number of benzene rings is 2. The Morgan fingerprint density at radius 2 is 1.68 bits per heavy atom. The summed E-state index contributed by atoms with van der Waals surface area (Å²) in [5.41, 5.74) is 2.10. The summed E-state index contributed by atoms with van der Waals surface area (Å²) in [5, 5.41) is 10.6. The van der Waals surface area contributed by atoms with Crippen molar-refractivity contribution in [1.29, 1.82) is 0 Å². The molecule has 0 fully saturated rings. The van der Waals surface area contributed by atoms with Gasteiger partial charge in [-0.2, -0.15) is 0 Å². The molecule has 0 N–H and O–H groups in total. The third-order valence-electron chi connectivity index (χ3n) is 2.55. The number of nitro groups is 1. The summed E-state index contributed by atoms with van der Waals surface area (Å²) >= 11 is 6.82. The molecule has 0 saturated carbocycles. The molecule has 96 valence electrons. The van der Waals surface area contributed by atoms with Crippen LogP contribution in [0.15, 0.2) is 53.4 Å². The van der Waals surface area contributed by atoms with E-state index in [9.17, 15) is 10.1 Å². The molecule has 3 nitrogen and oxygen atoms in total. The Bertz CT molecular complexity index is 606. The van der Waals surface area contributed by atoms with Crippen LogP contribution in [0.25, 0.3) is 0 Å². The first-order valence-corrected chi connectivity index (χ1v) is 6.82. The second kappa shape index (κ2) is 5.95. The summed E-state index contributed by atoms with van der Waals surface area (Å²) < 4.78 is 0.707. The van der Waals surface area contributed by atoms with E-state index in [2.05, 4.69) is 0 Å². The van der Waals surface area contributed by atoms with Crippen LogP contribution >= 0.6 is 24.0 Å². The van der Waals surface area contributed by atoms with Crippen LogP contribution in [0.4, 0.5) is 5.69 Å². The van der Waals surface area contributed by atoms with E-state index in [1.165, 1.54) is 29.5 Å². The van der Waals surface area contributed by atoms with Crippen LogP contribution in [-0.4, -0.2) is 9.12 Å². The summed E-state index contributed by atoms with van der Waals surface area (Å²) in [6.45, 7) is 2.03. The van der Waals surface area contributed by atoms with E-state index < -0.39 is 4.92 Å². The fourth-order valence-corrected chi connectivity index (χ4v) is 2.66. The monoisotopic (exact) mass is 289 g/mol. The van der Waals surface area contributed by atoms with Gasteiger partial charge in [0.2, 0.25) is 0 Å². The van der Waals surface area contributed by atoms with Crippen molar-refractivity contribution in [3.8, 4) is 0 Å². The summed E-state index contributed by atoms with van der Waals surface area (Å²) in [6, 6.07) is 14.4. The first kappa shape index (κ1) is 13.7. The fourth-order valence-electron chi connectivity index (χ4n) is 1.49. The van der Waals surface area contributed by atoms with Crippen molar-refractivity contribution in [2.24, 2.45) is 0 Å². The smallest absolute Gasteiger partial charge is 0.258 e. The largest absolute Gasteiger partial charge is 0.269 e. The maximum atomic E-state index is 10.6. The minimum atomic E-state index is -0.417. The normalized spacial score (nSPS) is 10.2. The molecular formula is C14H11NO2S2. The van der Waals surface area contributed by atoms with Gasteiger partial charge >= 0.3 is 0 Å². The van der Waals surface area contributed by atoms with Gasteiger partial charge in [0, 0.05) is 17.0 Å². The highest BCUT2D eigenvalue weighted by atomic mass is 32.2. The van der Waals surface area contributed by atoms with Crippen molar-refractivity contribution in [3.05, 3.63) is 69.8 Å². The number of thioether (sulfide) groups is 1. The number of aryl methyl sites for hydroxylation is 1. The van der Waals surface area contributed by atoms with Gasteiger partial charge in [0.05, 0.1) is 9.12 Å². The first-order valence-electron chi connectivity index (χ1n) is 5.59. The van der Waals surface area contributed by atoms with Gasteiger partial charge < -0.3 is 0 Å². The molecule has 0 aliphatic heterocycles. The molecule has 0 aromatic heterocycles. The van der Waals surface area contributed by atoms with E-state index in [4.69, 9.17) is 12.2 Å². The van der Waals surface area contributed by atoms with E-state index in [-0.39, 0.29) is 5.69 Å². The number of nitrogens with zero attached hydrogens (tertiary/aromatic N) is 1. The van der Waals surface area contributed by atoms with Gasteiger partial charge in [-0.15, -0.1) is 0 Å². The predicted molar refractivity (Wildman–Crippen MR) is 81.8 cm³/mol. The minimum absolute atomic E-state index is 0.0758. The topological polar surface area (TPSA) is 43.1 Å². The van der Waals surface area contributed by atoms with Crippen LogP contribution in [0.3, 0.4) is 0 Å². The van der Waals surface area contributed by atoms with Gasteiger partial charge in [-0.1, -0.05) is 41.7 Å². The summed E-state index contributed by atoms with van der Waals surface area (Å²) in [4.78, 5) is 11.2. The van der Waals surface area contributed by atoms with Crippen LogP contribution in [0.2, 0.25) is 0 Å². The van der Waals surface area contributed by atoms with E-state index in [0.29, 0.717) is 4.20 Å². The van der Waals surface area contributed by atoms with Gasteiger partial charge in [0.15, 0.2) is 0 Å². The quantitative estimate of drug-likeness (QED) is 0.364. The lowest BCUT2D eigenvalue weighted by Gasteiger charge is -2.04. The number of non-ortho nitro benzene ring substituents is 1. The zero-order valence-corrected chi connectivity index (χ0v) is 11.8. The summed E-state index contributed by atoms with van der Waals surface area (Å²) in [7, 11) is 0. The van der Waals surface area contributed by atoms with Crippen molar-refractivity contribution in [1.82, 2.24) is 0 Å². The zero-order chi connectivity index (χ0) is 13.8. The molecule has 0 aliphatic carbocycles. The average Bonchev–Trinajstić information content (AvgIpc) is 2.41. The zero-order valence-electron chi connectivity index (χ0n) is 10.2. The first-order chi connectivity index (χ1) is 9.06. The molecule has 0 radical (unpaired) electrons. The number of hydrogen-bond donors (Lipinski definition) is 0. The molecule has 0 atom stereocenters. The summed E-state index contributed by atoms with van der Waals surface area (Å²) in [6.07, 6.45) is 0. The molecule has 0 bridgehead atoms. The Kier molecular flexibility index (Phi) is 4.29. The number of hydrogen-bond acceptors (Lipinski definition) is 4. The van der Waals surface area contributed by atoms with Crippen molar-refractivity contribution >= 4 is 33.9 Å². The van der Waals surface area contributed by atoms with Crippen molar-refractivity contribution in [3.63, 3.8) is 0 Å². The maximum Gasteiger partial charge on any atom is 0.269 e. The number of rotatable bonds is 3. The molecule has 5 heteroatoms. The molecular weight excluding hydrogens is 278 g/mol. The lowest BCUT2D eigenvalue weighted by molar-refractivity contribution is -0.384. The van der Waals surface area contributed by atoms with E-state index in [0.717, 1.165) is 10.5 Å². The van der Waals surface area contributed by atoms with Crippen LogP contribution in [0.5, 0.6) is 0 Å². The van der Waals surface area contributed by atoms with E-state index in [1.807, 2.05) is 31.2 Å². The molecule has 2 rings (SSSR count). The lowest BCUT2D eigenvalue weighted by atomic mass is 10.2. The second-order valence-corrected chi connectivity index (χ2v) is 5.76. The molecule has 0 saturated heterocycles. The van der Waals surface area contributed by atoms with Gasteiger partial charge in [-0.3, -0.25) is 10.1 Å². The Morgan fingerprint density at radius 1 is 1.11 bits per heavy atom. The molecule has 2 aromatic carbocycles. The highest BCUT2D eigenvalue weighted by Crippen LogP contribution is 2.25. The minimum Gasteiger partial charge on any atom is -0.258 e. The van der Waals surface area contributed by atoms with Gasteiger partial charge in [0.25, 0.3) is 5.69 Å². The molecule has 0 unspecified atom stereocenters. The SMILES string of the molecule is Cc1ccc(SC(=S)c2ccc([N+](=O)[O-])cc2)cc1. The Balaban J connectivity index is 2.11. The van der Waals surface area contributed by atoms with Crippen molar-refractivity contribution < 1.29 is 4.92 Å². The molecule has 0 aliphatic rings. The van der Waals surface area contributed by atoms with E-state index in [1.54, 1.807) is 12.1 Å². The fraction of sp³-hybridized carbons (Fsp3) is 0.0714. The maximum absolute atomic E-state index is 10.6. The second-order valence-electron chi connectivity index (χ2n) is 4.01. The van der Waals surface area contributed by atoms with Crippen molar-refractivity contribution in [2.75, 3.05) is 0 Å². The van der Waals surface area contributed by atoms with Gasteiger partial charge in [-0.25, -0.2) is 0 Å². The van der Waals surface area contributed by atoms with E-state index >= 15 is 0 Å². The molecule has 0 amide bonds. The van der Waals surface area contributed by atoms with Crippen molar-refractivity contribution in [2.45, 2.75) is 11.8 Å². The predicted octanol–water partition coefficient (Wildman–Crippen LogP) is 4.37. The Hall–Kier alpha value is -1.72. The Labute approximate surface area is 120 Å². The molecule has 19 heavy (non-hydrogen) atoms. The lowest BCUT2D eigenvalue weighted by Crippen LogP contribution is -1.93. The van der Waals surface area contributed by atoms with Gasteiger partial charge in [-0.05, 0) is 36.8 Å². The molecule has 0 heterocycles. The number of nitro benzene ring substituents is 1.